The highest BCUT2D eigenvalue weighted by atomic mass is 16.2. The quantitative estimate of drug-likeness (QED) is 0.559. The van der Waals surface area contributed by atoms with Crippen molar-refractivity contribution in [2.45, 2.75) is 26.7 Å². The van der Waals surface area contributed by atoms with E-state index in [2.05, 4.69) is 33.2 Å². The highest BCUT2D eigenvalue weighted by molar-refractivity contribution is 5.93. The molecule has 33 heavy (non-hydrogen) atoms. The van der Waals surface area contributed by atoms with Gasteiger partial charge in [-0.25, -0.2) is 4.98 Å². The van der Waals surface area contributed by atoms with E-state index in [1.165, 1.54) is 12.4 Å². The summed E-state index contributed by atoms with van der Waals surface area (Å²) in [5, 5.41) is 0. The summed E-state index contributed by atoms with van der Waals surface area (Å²) in [6.07, 6.45) is 9.32. The number of benzene rings is 1. The van der Waals surface area contributed by atoms with Crippen LogP contribution in [0.4, 0.5) is 0 Å². The molecule has 1 aliphatic rings. The molecule has 1 aromatic carbocycles. The molecule has 3 aromatic rings. The second-order valence-corrected chi connectivity index (χ2v) is 8.44. The minimum absolute atomic E-state index is 0.105. The number of hydrogen-bond acceptors (Lipinski definition) is 5. The van der Waals surface area contributed by atoms with Crippen molar-refractivity contribution in [1.82, 2.24) is 24.8 Å². The van der Waals surface area contributed by atoms with Crippen LogP contribution in [0, 0.1) is 5.41 Å². The van der Waals surface area contributed by atoms with Crippen molar-refractivity contribution >= 4 is 11.8 Å². The van der Waals surface area contributed by atoms with Gasteiger partial charge in [-0.2, -0.15) is 0 Å². The first-order valence-corrected chi connectivity index (χ1v) is 11.4. The normalized spacial score (nSPS) is 17.7. The SMILES string of the molecule is CCN(CC)C(=O)C1(Cc2cccc(-c3cccnc3)c2)CCN(C(=O)c2cnccn2)C1. The van der Waals surface area contributed by atoms with Crippen LogP contribution in [0.3, 0.4) is 0 Å². The highest BCUT2D eigenvalue weighted by Crippen LogP contribution is 2.37. The largest absolute Gasteiger partial charge is 0.343 e. The first-order chi connectivity index (χ1) is 16.1. The van der Waals surface area contributed by atoms with Crippen molar-refractivity contribution < 1.29 is 9.59 Å². The molecule has 1 aliphatic heterocycles. The van der Waals surface area contributed by atoms with Gasteiger partial charge in [0, 0.05) is 51.0 Å². The Morgan fingerprint density at radius 1 is 1.00 bits per heavy atom. The summed E-state index contributed by atoms with van der Waals surface area (Å²) >= 11 is 0. The van der Waals surface area contributed by atoms with E-state index in [9.17, 15) is 9.59 Å². The lowest BCUT2D eigenvalue weighted by Gasteiger charge is -2.34. The van der Waals surface area contributed by atoms with Gasteiger partial charge in [0.05, 0.1) is 11.6 Å². The van der Waals surface area contributed by atoms with Gasteiger partial charge in [0.1, 0.15) is 5.69 Å². The molecule has 0 N–H and O–H groups in total. The van der Waals surface area contributed by atoms with Crippen LogP contribution in [0.25, 0.3) is 11.1 Å². The zero-order chi connectivity index (χ0) is 23.3. The molecular formula is C26H29N5O2. The molecule has 4 rings (SSSR count). The lowest BCUT2D eigenvalue weighted by atomic mass is 9.79. The molecule has 1 fully saturated rings. The molecule has 0 bridgehead atoms. The third-order valence-corrected chi connectivity index (χ3v) is 6.39. The van der Waals surface area contributed by atoms with E-state index in [1.807, 2.05) is 43.1 Å². The Kier molecular flexibility index (Phi) is 6.77. The van der Waals surface area contributed by atoms with Gasteiger partial charge in [0.15, 0.2) is 0 Å². The van der Waals surface area contributed by atoms with Crippen LogP contribution in [-0.4, -0.2) is 62.7 Å². The van der Waals surface area contributed by atoms with E-state index in [0.717, 1.165) is 16.7 Å². The maximum absolute atomic E-state index is 13.7. The molecule has 0 radical (unpaired) electrons. The number of carbonyl (C=O) groups excluding carboxylic acids is 2. The van der Waals surface area contributed by atoms with Gasteiger partial charge in [-0.3, -0.25) is 19.6 Å². The van der Waals surface area contributed by atoms with Gasteiger partial charge in [-0.1, -0.05) is 30.3 Å². The fourth-order valence-electron chi connectivity index (χ4n) is 4.64. The van der Waals surface area contributed by atoms with E-state index < -0.39 is 5.41 Å². The van der Waals surface area contributed by atoms with Crippen molar-refractivity contribution in [2.24, 2.45) is 5.41 Å². The van der Waals surface area contributed by atoms with E-state index >= 15 is 0 Å². The van der Waals surface area contributed by atoms with E-state index in [1.54, 1.807) is 17.3 Å². The van der Waals surface area contributed by atoms with Crippen LogP contribution in [0.1, 0.15) is 36.3 Å². The van der Waals surface area contributed by atoms with E-state index in [4.69, 9.17) is 0 Å². The van der Waals surface area contributed by atoms with Gasteiger partial charge >= 0.3 is 0 Å². The average Bonchev–Trinajstić information content (AvgIpc) is 3.30. The smallest absolute Gasteiger partial charge is 0.274 e. The molecule has 1 saturated heterocycles. The minimum atomic E-state index is -0.669. The first-order valence-electron chi connectivity index (χ1n) is 11.4. The number of likely N-dealkylation sites (tertiary alicyclic amines) is 1. The molecule has 2 aromatic heterocycles. The Labute approximate surface area is 194 Å². The lowest BCUT2D eigenvalue weighted by Crippen LogP contribution is -2.47. The number of amides is 2. The molecule has 3 heterocycles. The number of carbonyl (C=O) groups is 2. The van der Waals surface area contributed by atoms with E-state index in [-0.39, 0.29) is 11.8 Å². The molecular weight excluding hydrogens is 414 g/mol. The second kappa shape index (κ2) is 9.90. The topological polar surface area (TPSA) is 79.3 Å². The predicted octanol–water partition coefficient (Wildman–Crippen LogP) is 3.48. The zero-order valence-electron chi connectivity index (χ0n) is 19.1. The Balaban J connectivity index is 1.64. The van der Waals surface area contributed by atoms with Crippen LogP contribution in [0.5, 0.6) is 0 Å². The Hall–Kier alpha value is -3.61. The molecule has 7 nitrogen and oxygen atoms in total. The summed E-state index contributed by atoms with van der Waals surface area (Å²) in [5.74, 6) is -0.0739. The van der Waals surface area contributed by atoms with Crippen molar-refractivity contribution in [2.75, 3.05) is 26.2 Å². The summed E-state index contributed by atoms with van der Waals surface area (Å²) < 4.78 is 0. The predicted molar refractivity (Wildman–Crippen MR) is 126 cm³/mol. The molecule has 0 saturated carbocycles. The molecule has 7 heteroatoms. The van der Waals surface area contributed by atoms with Crippen molar-refractivity contribution in [1.29, 1.82) is 0 Å². The average molecular weight is 444 g/mol. The van der Waals surface area contributed by atoms with Crippen LogP contribution < -0.4 is 0 Å². The maximum atomic E-state index is 13.7. The van der Waals surface area contributed by atoms with Crippen LogP contribution in [0.2, 0.25) is 0 Å². The van der Waals surface area contributed by atoms with Crippen molar-refractivity contribution in [3.8, 4) is 11.1 Å². The molecule has 1 unspecified atom stereocenters. The van der Waals surface area contributed by atoms with Gasteiger partial charge in [-0.05, 0) is 49.4 Å². The van der Waals surface area contributed by atoms with Crippen LogP contribution >= 0.6 is 0 Å². The third kappa shape index (κ3) is 4.77. The number of nitrogens with zero attached hydrogens (tertiary/aromatic N) is 5. The fraction of sp³-hybridized carbons (Fsp3) is 0.346. The Morgan fingerprint density at radius 3 is 2.48 bits per heavy atom. The van der Waals surface area contributed by atoms with E-state index in [0.29, 0.717) is 44.7 Å². The molecule has 0 spiro atoms. The molecule has 2 amide bonds. The van der Waals surface area contributed by atoms with Crippen molar-refractivity contribution in [3.05, 3.63) is 78.6 Å². The van der Waals surface area contributed by atoms with Crippen LogP contribution in [-0.2, 0) is 11.2 Å². The van der Waals surface area contributed by atoms with Crippen molar-refractivity contribution in [3.63, 3.8) is 0 Å². The minimum Gasteiger partial charge on any atom is -0.343 e. The molecule has 170 valence electrons. The summed E-state index contributed by atoms with van der Waals surface area (Å²) in [4.78, 5) is 42.8. The number of aromatic nitrogens is 3. The van der Waals surface area contributed by atoms with Gasteiger partial charge < -0.3 is 9.80 Å². The highest BCUT2D eigenvalue weighted by Gasteiger charge is 2.47. The lowest BCUT2D eigenvalue weighted by molar-refractivity contribution is -0.141. The summed E-state index contributed by atoms with van der Waals surface area (Å²) in [5.41, 5.74) is 2.82. The summed E-state index contributed by atoms with van der Waals surface area (Å²) in [7, 11) is 0. The fourth-order valence-corrected chi connectivity index (χ4v) is 4.64. The monoisotopic (exact) mass is 443 g/mol. The van der Waals surface area contributed by atoms with Gasteiger partial charge in [0.25, 0.3) is 5.91 Å². The molecule has 0 aliphatic carbocycles. The Morgan fingerprint density at radius 2 is 1.79 bits per heavy atom. The summed E-state index contributed by atoms with van der Waals surface area (Å²) in [6, 6.07) is 12.2. The van der Waals surface area contributed by atoms with Gasteiger partial charge in [0.2, 0.25) is 5.91 Å². The number of pyridine rings is 1. The third-order valence-electron chi connectivity index (χ3n) is 6.39. The Bertz CT molecular complexity index is 1100. The maximum Gasteiger partial charge on any atom is 0.274 e. The van der Waals surface area contributed by atoms with Gasteiger partial charge in [-0.15, -0.1) is 0 Å². The molecule has 1 atom stereocenters. The number of rotatable bonds is 7. The zero-order valence-corrected chi connectivity index (χ0v) is 19.1. The first kappa shape index (κ1) is 22.6. The number of hydrogen-bond donors (Lipinski definition) is 0. The van der Waals surface area contributed by atoms with Crippen LogP contribution in [0.15, 0.2) is 67.4 Å². The standard InChI is InChI=1S/C26H29N5O2/c1-3-30(4-2)25(33)26(10-14-31(19-26)24(32)23-18-28-12-13-29-23)16-20-7-5-8-21(15-20)22-9-6-11-27-17-22/h5-9,11-13,15,17-18H,3-4,10,14,16,19H2,1-2H3. The summed E-state index contributed by atoms with van der Waals surface area (Å²) in [6.45, 7) is 6.17. The second-order valence-electron chi connectivity index (χ2n) is 8.44.